The van der Waals surface area contributed by atoms with E-state index in [0.29, 0.717) is 25.3 Å². The van der Waals surface area contributed by atoms with Crippen molar-refractivity contribution in [3.8, 4) is 0 Å². The summed E-state index contributed by atoms with van der Waals surface area (Å²) < 4.78 is 5.49. The molecule has 0 saturated carbocycles. The second-order valence-corrected chi connectivity index (χ2v) is 4.67. The van der Waals surface area contributed by atoms with Crippen LogP contribution in [-0.2, 0) is 4.74 Å². The van der Waals surface area contributed by atoms with Crippen molar-refractivity contribution in [1.29, 1.82) is 0 Å². The molecule has 2 rings (SSSR count). The Balaban J connectivity index is 2.18. The summed E-state index contributed by atoms with van der Waals surface area (Å²) in [7, 11) is 0. The maximum atomic E-state index is 12.4. The van der Waals surface area contributed by atoms with Crippen LogP contribution < -0.4 is 0 Å². The van der Waals surface area contributed by atoms with Crippen LogP contribution in [0.15, 0.2) is 24.3 Å². The van der Waals surface area contributed by atoms with Gasteiger partial charge in [0, 0.05) is 25.3 Å². The first-order chi connectivity index (χ1) is 9.08. The average Bonchev–Trinajstić information content (AvgIpc) is 2.62. The molecule has 0 aromatic heterocycles. The number of ether oxygens (including phenoxy) is 1. The van der Waals surface area contributed by atoms with Crippen LogP contribution in [0.2, 0.25) is 0 Å². The minimum absolute atomic E-state index is 0.00843. The zero-order chi connectivity index (χ0) is 13.8. The largest absolute Gasteiger partial charge is 0.478 e. The Labute approximate surface area is 111 Å². The van der Waals surface area contributed by atoms with Gasteiger partial charge in [-0.1, -0.05) is 6.07 Å². The fourth-order valence-electron chi connectivity index (χ4n) is 2.15. The standard InChI is InChI=1S/C14H17NO4/c1-10-9-15(6-3-7-19-10)13(16)11-4-2-5-12(8-11)14(17)18/h2,4-5,8,10H,3,6-7,9H2,1H3,(H,17,18). The van der Waals surface area contributed by atoms with Gasteiger partial charge in [0.05, 0.1) is 11.7 Å². The molecule has 1 heterocycles. The van der Waals surface area contributed by atoms with E-state index < -0.39 is 5.97 Å². The van der Waals surface area contributed by atoms with Gasteiger partial charge in [0.2, 0.25) is 0 Å². The summed E-state index contributed by atoms with van der Waals surface area (Å²) in [5.41, 5.74) is 0.541. The van der Waals surface area contributed by atoms with Crippen molar-refractivity contribution >= 4 is 11.9 Å². The molecule has 1 aromatic carbocycles. The van der Waals surface area contributed by atoms with Crippen LogP contribution in [-0.4, -0.2) is 47.7 Å². The molecular weight excluding hydrogens is 246 g/mol. The number of aromatic carboxylic acids is 1. The Kier molecular flexibility index (Phi) is 4.16. The Hall–Kier alpha value is -1.88. The fourth-order valence-corrected chi connectivity index (χ4v) is 2.15. The van der Waals surface area contributed by atoms with E-state index >= 15 is 0 Å². The van der Waals surface area contributed by atoms with E-state index in [0.717, 1.165) is 6.42 Å². The Bertz CT molecular complexity index is 486. The van der Waals surface area contributed by atoms with Crippen LogP contribution in [0.25, 0.3) is 0 Å². The van der Waals surface area contributed by atoms with Crippen molar-refractivity contribution < 1.29 is 19.4 Å². The van der Waals surface area contributed by atoms with Crippen molar-refractivity contribution in [2.24, 2.45) is 0 Å². The number of carbonyl (C=O) groups is 2. The van der Waals surface area contributed by atoms with E-state index in [1.807, 2.05) is 6.92 Å². The number of carboxylic acid groups (broad SMARTS) is 1. The van der Waals surface area contributed by atoms with Crippen LogP contribution >= 0.6 is 0 Å². The zero-order valence-corrected chi connectivity index (χ0v) is 10.8. The molecule has 0 bridgehead atoms. The topological polar surface area (TPSA) is 66.8 Å². The predicted molar refractivity (Wildman–Crippen MR) is 69.3 cm³/mol. The van der Waals surface area contributed by atoms with Gasteiger partial charge < -0.3 is 14.7 Å². The van der Waals surface area contributed by atoms with Crippen LogP contribution in [0.5, 0.6) is 0 Å². The summed E-state index contributed by atoms with van der Waals surface area (Å²) in [6, 6.07) is 6.13. The quantitative estimate of drug-likeness (QED) is 0.880. The first kappa shape index (κ1) is 13.5. The summed E-state index contributed by atoms with van der Waals surface area (Å²) in [5, 5.41) is 8.94. The molecule has 1 N–H and O–H groups in total. The molecule has 19 heavy (non-hydrogen) atoms. The first-order valence-electron chi connectivity index (χ1n) is 6.32. The molecule has 0 spiro atoms. The smallest absolute Gasteiger partial charge is 0.335 e. The van der Waals surface area contributed by atoms with Crippen LogP contribution in [0.4, 0.5) is 0 Å². The molecule has 1 aliphatic rings. The normalized spacial score (nSPS) is 19.8. The minimum atomic E-state index is -1.03. The molecule has 1 saturated heterocycles. The maximum absolute atomic E-state index is 12.4. The molecule has 0 aliphatic carbocycles. The van der Waals surface area contributed by atoms with Crippen molar-refractivity contribution in [3.63, 3.8) is 0 Å². The molecule has 1 amide bonds. The van der Waals surface area contributed by atoms with Crippen molar-refractivity contribution in [1.82, 2.24) is 4.90 Å². The van der Waals surface area contributed by atoms with E-state index in [2.05, 4.69) is 0 Å². The van der Waals surface area contributed by atoms with E-state index in [4.69, 9.17) is 9.84 Å². The highest BCUT2D eigenvalue weighted by molar-refractivity contribution is 5.97. The second-order valence-electron chi connectivity index (χ2n) is 4.67. The van der Waals surface area contributed by atoms with Crippen molar-refractivity contribution in [3.05, 3.63) is 35.4 Å². The Morgan fingerprint density at radius 1 is 1.37 bits per heavy atom. The van der Waals surface area contributed by atoms with Crippen molar-refractivity contribution in [2.45, 2.75) is 19.4 Å². The molecule has 1 fully saturated rings. The summed E-state index contributed by atoms with van der Waals surface area (Å²) in [5.74, 6) is -1.16. The third kappa shape index (κ3) is 3.32. The lowest BCUT2D eigenvalue weighted by atomic mass is 10.1. The highest BCUT2D eigenvalue weighted by Gasteiger charge is 2.21. The SMILES string of the molecule is CC1CN(C(=O)c2cccc(C(=O)O)c2)CCCO1. The number of carbonyl (C=O) groups excluding carboxylic acids is 1. The number of amides is 1. The highest BCUT2D eigenvalue weighted by atomic mass is 16.5. The molecule has 0 radical (unpaired) electrons. The number of hydrogen-bond acceptors (Lipinski definition) is 3. The lowest BCUT2D eigenvalue weighted by molar-refractivity contribution is 0.0562. The summed E-state index contributed by atoms with van der Waals surface area (Å²) in [6.45, 7) is 3.76. The number of rotatable bonds is 2. The zero-order valence-electron chi connectivity index (χ0n) is 10.8. The lowest BCUT2D eigenvalue weighted by Gasteiger charge is -2.22. The van der Waals surface area contributed by atoms with Gasteiger partial charge in [-0.25, -0.2) is 4.79 Å². The molecule has 5 nitrogen and oxygen atoms in total. The van der Waals surface area contributed by atoms with Gasteiger partial charge in [0.25, 0.3) is 5.91 Å². The van der Waals surface area contributed by atoms with Gasteiger partial charge in [0.15, 0.2) is 0 Å². The Morgan fingerprint density at radius 3 is 2.84 bits per heavy atom. The highest BCUT2D eigenvalue weighted by Crippen LogP contribution is 2.12. The molecule has 1 aliphatic heterocycles. The number of carboxylic acids is 1. The van der Waals surface area contributed by atoms with E-state index in [-0.39, 0.29) is 17.6 Å². The monoisotopic (exact) mass is 263 g/mol. The molecule has 5 heteroatoms. The van der Waals surface area contributed by atoms with Gasteiger partial charge in [-0.15, -0.1) is 0 Å². The molecule has 1 atom stereocenters. The van der Waals surface area contributed by atoms with Gasteiger partial charge in [-0.05, 0) is 31.5 Å². The van der Waals surface area contributed by atoms with Gasteiger partial charge in [-0.2, -0.15) is 0 Å². The molecule has 102 valence electrons. The average molecular weight is 263 g/mol. The van der Waals surface area contributed by atoms with Gasteiger partial charge >= 0.3 is 5.97 Å². The summed E-state index contributed by atoms with van der Waals surface area (Å²) in [6.07, 6.45) is 0.809. The van der Waals surface area contributed by atoms with Crippen LogP contribution in [0, 0.1) is 0 Å². The predicted octanol–water partition coefficient (Wildman–Crippen LogP) is 1.64. The van der Waals surface area contributed by atoms with Crippen LogP contribution in [0.1, 0.15) is 34.1 Å². The molecular formula is C14H17NO4. The van der Waals surface area contributed by atoms with Crippen LogP contribution in [0.3, 0.4) is 0 Å². The van der Waals surface area contributed by atoms with E-state index in [1.54, 1.807) is 17.0 Å². The molecule has 1 aromatic rings. The maximum Gasteiger partial charge on any atom is 0.335 e. The summed E-state index contributed by atoms with van der Waals surface area (Å²) >= 11 is 0. The third-order valence-corrected chi connectivity index (χ3v) is 3.10. The third-order valence-electron chi connectivity index (χ3n) is 3.10. The number of hydrogen-bond donors (Lipinski definition) is 1. The van der Waals surface area contributed by atoms with Gasteiger partial charge in [-0.3, -0.25) is 4.79 Å². The minimum Gasteiger partial charge on any atom is -0.478 e. The molecule has 1 unspecified atom stereocenters. The van der Waals surface area contributed by atoms with Crippen molar-refractivity contribution in [2.75, 3.05) is 19.7 Å². The summed E-state index contributed by atoms with van der Waals surface area (Å²) in [4.78, 5) is 25.0. The van der Waals surface area contributed by atoms with E-state index in [1.165, 1.54) is 12.1 Å². The number of benzene rings is 1. The first-order valence-corrected chi connectivity index (χ1v) is 6.32. The number of nitrogens with zero attached hydrogens (tertiary/aromatic N) is 1. The second kappa shape index (κ2) is 5.84. The Morgan fingerprint density at radius 2 is 2.11 bits per heavy atom. The van der Waals surface area contributed by atoms with Gasteiger partial charge in [0.1, 0.15) is 0 Å². The van der Waals surface area contributed by atoms with E-state index in [9.17, 15) is 9.59 Å². The fraction of sp³-hybridized carbons (Fsp3) is 0.429. The lowest BCUT2D eigenvalue weighted by Crippen LogP contribution is -2.36.